The van der Waals surface area contributed by atoms with E-state index in [0.717, 1.165) is 25.0 Å². The average molecular weight is 473 g/mol. The number of ketones is 1. The first-order valence-electron chi connectivity index (χ1n) is 10.9. The number of carbonyl (C=O) groups is 2. The van der Waals surface area contributed by atoms with Crippen LogP contribution in [-0.4, -0.2) is 28.3 Å². The van der Waals surface area contributed by atoms with E-state index in [4.69, 9.17) is 4.74 Å². The molecule has 1 heterocycles. The normalized spacial score (nSPS) is 28.0. The lowest BCUT2D eigenvalue weighted by atomic mass is 9.48. The molecule has 0 amide bonds. The Morgan fingerprint density at radius 3 is 2.44 bits per heavy atom. The minimum atomic E-state index is -0.701. The lowest BCUT2D eigenvalue weighted by Gasteiger charge is -2.55. The Morgan fingerprint density at radius 2 is 1.88 bits per heavy atom. The van der Waals surface area contributed by atoms with Gasteiger partial charge < -0.3 is 4.74 Å². The Kier molecular flexibility index (Phi) is 5.57. The van der Waals surface area contributed by atoms with Gasteiger partial charge in [0.05, 0.1) is 15.4 Å². The van der Waals surface area contributed by atoms with Gasteiger partial charge >= 0.3 is 5.97 Å². The second kappa shape index (κ2) is 8.26. The van der Waals surface area contributed by atoms with E-state index < -0.39 is 10.9 Å². The van der Waals surface area contributed by atoms with Gasteiger partial charge in [0.1, 0.15) is 0 Å². The summed E-state index contributed by atoms with van der Waals surface area (Å²) in [5, 5.41) is 13.5. The Bertz CT molecular complexity index is 1060. The van der Waals surface area contributed by atoms with Gasteiger partial charge in [-0.3, -0.25) is 14.9 Å². The molecule has 4 bridgehead atoms. The fourth-order valence-electron chi connectivity index (χ4n) is 6.17. The van der Waals surface area contributed by atoms with Gasteiger partial charge in [0.2, 0.25) is 0 Å². The standard InChI is InChI=1S/C23H24N2O5S2/c1-13-12-31-22(24-13)32-19-3-2-17(7-18(19)25(28)29)21(27)30-11-20(26)23-8-14-4-15(9-23)6-16(5-14)10-23/h2-3,7,12,14-16H,4-6,8-11H2,1H3. The van der Waals surface area contributed by atoms with E-state index in [9.17, 15) is 19.7 Å². The third-order valence-corrected chi connectivity index (χ3v) is 9.27. The predicted molar refractivity (Wildman–Crippen MR) is 120 cm³/mol. The number of benzene rings is 1. The van der Waals surface area contributed by atoms with Crippen molar-refractivity contribution < 1.29 is 19.2 Å². The highest BCUT2D eigenvalue weighted by Crippen LogP contribution is 2.60. The molecule has 0 radical (unpaired) electrons. The van der Waals surface area contributed by atoms with Crippen molar-refractivity contribution >= 4 is 40.5 Å². The summed E-state index contributed by atoms with van der Waals surface area (Å²) >= 11 is 2.60. The van der Waals surface area contributed by atoms with Gasteiger partial charge in [-0.25, -0.2) is 9.78 Å². The van der Waals surface area contributed by atoms with Crippen LogP contribution >= 0.6 is 23.1 Å². The van der Waals surface area contributed by atoms with E-state index in [1.165, 1.54) is 60.6 Å². The number of thiazole rings is 1. The minimum absolute atomic E-state index is 0.0192. The van der Waals surface area contributed by atoms with Crippen molar-refractivity contribution in [1.29, 1.82) is 0 Å². The Hall–Kier alpha value is -2.26. The van der Waals surface area contributed by atoms with E-state index in [1.54, 1.807) is 0 Å². The Labute approximate surface area is 194 Å². The van der Waals surface area contributed by atoms with Crippen LogP contribution in [0.15, 0.2) is 32.8 Å². The Balaban J connectivity index is 1.27. The Morgan fingerprint density at radius 1 is 1.22 bits per heavy atom. The molecule has 4 fully saturated rings. The second-order valence-electron chi connectivity index (χ2n) is 9.49. The van der Waals surface area contributed by atoms with E-state index in [-0.39, 0.29) is 29.1 Å². The molecule has 1 aromatic heterocycles. The highest BCUT2D eigenvalue weighted by atomic mass is 32.2. The number of ether oxygens (including phenoxy) is 1. The molecular weight excluding hydrogens is 448 g/mol. The zero-order valence-electron chi connectivity index (χ0n) is 17.7. The third kappa shape index (κ3) is 4.08. The molecule has 0 N–H and O–H groups in total. The first-order chi connectivity index (χ1) is 15.3. The predicted octanol–water partition coefficient (Wildman–Crippen LogP) is 5.45. The topological polar surface area (TPSA) is 99.4 Å². The summed E-state index contributed by atoms with van der Waals surface area (Å²) in [6.07, 6.45) is 6.47. The number of hydrogen-bond donors (Lipinski definition) is 0. The summed E-state index contributed by atoms with van der Waals surface area (Å²) in [5.74, 6) is 1.22. The fraction of sp³-hybridized carbons (Fsp3) is 0.522. The number of Topliss-reactive ketones (excluding diaryl/α,β-unsaturated/α-hetero) is 1. The summed E-state index contributed by atoms with van der Waals surface area (Å²) < 4.78 is 6.04. The number of carbonyl (C=O) groups excluding carboxylic acids is 2. The molecule has 4 aliphatic carbocycles. The number of nitro benzene ring substituents is 1. The summed E-state index contributed by atoms with van der Waals surface area (Å²) in [6, 6.07) is 4.27. The first-order valence-corrected chi connectivity index (χ1v) is 12.6. The molecule has 0 spiro atoms. The van der Waals surface area contributed by atoms with Gasteiger partial charge in [-0.15, -0.1) is 11.3 Å². The van der Waals surface area contributed by atoms with Crippen LogP contribution in [0.3, 0.4) is 0 Å². The van der Waals surface area contributed by atoms with Crippen molar-refractivity contribution in [3.63, 3.8) is 0 Å². The molecule has 168 valence electrons. The van der Waals surface area contributed by atoms with Crippen molar-refractivity contribution in [2.75, 3.05) is 6.61 Å². The van der Waals surface area contributed by atoms with Crippen LogP contribution in [0.4, 0.5) is 5.69 Å². The summed E-state index contributed by atoms with van der Waals surface area (Å²) in [4.78, 5) is 41.5. The molecule has 7 nitrogen and oxygen atoms in total. The lowest BCUT2D eigenvalue weighted by Crippen LogP contribution is -2.51. The quantitative estimate of drug-likeness (QED) is 0.300. The fourth-order valence-corrected chi connectivity index (χ4v) is 8.05. The first kappa shape index (κ1) is 21.6. The highest BCUT2D eigenvalue weighted by Gasteiger charge is 2.54. The van der Waals surface area contributed by atoms with Gasteiger partial charge in [0.15, 0.2) is 16.7 Å². The maximum atomic E-state index is 13.1. The van der Waals surface area contributed by atoms with E-state index in [0.29, 0.717) is 27.0 Å². The zero-order valence-corrected chi connectivity index (χ0v) is 19.4. The molecule has 9 heteroatoms. The van der Waals surface area contributed by atoms with Crippen LogP contribution in [0.25, 0.3) is 0 Å². The van der Waals surface area contributed by atoms with Gasteiger partial charge in [0, 0.05) is 22.6 Å². The summed E-state index contributed by atoms with van der Waals surface area (Å²) in [7, 11) is 0. The maximum absolute atomic E-state index is 13.1. The number of nitrogens with zero attached hydrogens (tertiary/aromatic N) is 2. The molecule has 0 atom stereocenters. The second-order valence-corrected chi connectivity index (χ2v) is 11.6. The van der Waals surface area contributed by atoms with E-state index in [2.05, 4.69) is 4.98 Å². The van der Waals surface area contributed by atoms with Gasteiger partial charge in [0.25, 0.3) is 5.69 Å². The molecule has 0 aliphatic heterocycles. The molecule has 4 saturated carbocycles. The molecule has 6 rings (SSSR count). The van der Waals surface area contributed by atoms with Gasteiger partial charge in [-0.2, -0.15) is 0 Å². The number of aryl methyl sites for hydroxylation is 1. The van der Waals surface area contributed by atoms with Crippen molar-refractivity contribution in [1.82, 2.24) is 4.98 Å². The van der Waals surface area contributed by atoms with E-state index in [1.807, 2.05) is 12.3 Å². The van der Waals surface area contributed by atoms with Crippen LogP contribution in [0.1, 0.15) is 54.6 Å². The van der Waals surface area contributed by atoms with Crippen LogP contribution in [0.2, 0.25) is 0 Å². The van der Waals surface area contributed by atoms with Crippen LogP contribution < -0.4 is 0 Å². The smallest absolute Gasteiger partial charge is 0.338 e. The number of nitro groups is 1. The zero-order chi connectivity index (χ0) is 22.5. The third-order valence-electron chi connectivity index (χ3n) is 7.15. The molecule has 4 aliphatic rings. The number of esters is 1. The van der Waals surface area contributed by atoms with Crippen molar-refractivity contribution in [2.45, 2.75) is 54.7 Å². The summed E-state index contributed by atoms with van der Waals surface area (Å²) in [6.45, 7) is 1.60. The SMILES string of the molecule is Cc1csc(Sc2ccc(C(=O)OCC(=O)C34CC5CC(CC(C5)C3)C4)cc2[N+](=O)[O-])n1. The molecule has 0 unspecified atom stereocenters. The van der Waals surface area contributed by atoms with Gasteiger partial charge in [-0.05, 0) is 75.3 Å². The van der Waals surface area contributed by atoms with Crippen LogP contribution in [0, 0.1) is 40.2 Å². The lowest BCUT2D eigenvalue weighted by molar-refractivity contribution is -0.387. The molecule has 2 aromatic rings. The highest BCUT2D eigenvalue weighted by molar-refractivity contribution is 8.01. The number of aromatic nitrogens is 1. The largest absolute Gasteiger partial charge is 0.454 e. The van der Waals surface area contributed by atoms with Crippen molar-refractivity contribution in [2.24, 2.45) is 23.2 Å². The molecule has 0 saturated heterocycles. The van der Waals surface area contributed by atoms with Crippen LogP contribution in [-0.2, 0) is 9.53 Å². The number of rotatable bonds is 7. The average Bonchev–Trinajstić information content (AvgIpc) is 3.15. The van der Waals surface area contributed by atoms with Crippen molar-refractivity contribution in [3.05, 3.63) is 45.0 Å². The monoisotopic (exact) mass is 472 g/mol. The van der Waals surface area contributed by atoms with E-state index >= 15 is 0 Å². The minimum Gasteiger partial charge on any atom is -0.454 e. The molecule has 1 aromatic carbocycles. The molecule has 32 heavy (non-hydrogen) atoms. The van der Waals surface area contributed by atoms with Crippen molar-refractivity contribution in [3.8, 4) is 0 Å². The van der Waals surface area contributed by atoms with Crippen LogP contribution in [0.5, 0.6) is 0 Å². The maximum Gasteiger partial charge on any atom is 0.338 e. The van der Waals surface area contributed by atoms with Gasteiger partial charge in [-0.1, -0.05) is 11.8 Å². The molecular formula is C23H24N2O5S2. The summed E-state index contributed by atoms with van der Waals surface area (Å²) in [5.41, 5.74) is 0.427. The number of hydrogen-bond acceptors (Lipinski definition) is 8.